The molecule has 148 valence electrons. The van der Waals surface area contributed by atoms with E-state index in [9.17, 15) is 9.18 Å². The Hall–Kier alpha value is -2.88. The summed E-state index contributed by atoms with van der Waals surface area (Å²) in [7, 11) is 0. The molecule has 7 heteroatoms. The fourth-order valence-electron chi connectivity index (χ4n) is 3.31. The average Bonchev–Trinajstić information content (AvgIpc) is 3.10. The minimum Gasteiger partial charge on any atom is -0.444 e. The second-order valence-corrected chi connectivity index (χ2v) is 8.06. The van der Waals surface area contributed by atoms with Gasteiger partial charge in [0.25, 0.3) is 0 Å². The summed E-state index contributed by atoms with van der Waals surface area (Å²) in [5, 5.41) is 13.1. The molecule has 1 aliphatic rings. The number of amides is 1. The van der Waals surface area contributed by atoms with Crippen LogP contribution in [0.3, 0.4) is 0 Å². The Morgan fingerprint density at radius 2 is 2.07 bits per heavy atom. The van der Waals surface area contributed by atoms with Crippen LogP contribution < -0.4 is 0 Å². The van der Waals surface area contributed by atoms with Crippen LogP contribution in [0.25, 0.3) is 11.1 Å². The summed E-state index contributed by atoms with van der Waals surface area (Å²) in [6.07, 6.45) is 4.94. The number of nitrogens with zero attached hydrogens (tertiary/aromatic N) is 4. The molecule has 0 spiro atoms. The third kappa shape index (κ3) is 4.69. The number of rotatable bonds is 3. The lowest BCUT2D eigenvalue weighted by molar-refractivity contribution is 0.0185. The molecule has 2 heterocycles. The van der Waals surface area contributed by atoms with Crippen LogP contribution in [0.1, 0.15) is 45.2 Å². The smallest absolute Gasteiger partial charge is 0.410 e. The van der Waals surface area contributed by atoms with Crippen molar-refractivity contribution in [1.82, 2.24) is 14.7 Å². The third-order valence-electron chi connectivity index (χ3n) is 4.72. The highest BCUT2D eigenvalue weighted by molar-refractivity contribution is 5.68. The van der Waals surface area contributed by atoms with E-state index in [1.807, 2.05) is 37.7 Å². The molecule has 6 nitrogen and oxygen atoms in total. The van der Waals surface area contributed by atoms with Crippen LogP contribution in [0.15, 0.2) is 30.6 Å². The molecule has 1 aromatic carbocycles. The van der Waals surface area contributed by atoms with Gasteiger partial charge < -0.3 is 9.64 Å². The molecule has 0 atom stereocenters. The predicted octanol–water partition coefficient (Wildman–Crippen LogP) is 4.33. The van der Waals surface area contributed by atoms with Crippen LogP contribution >= 0.6 is 0 Å². The topological polar surface area (TPSA) is 71.2 Å². The zero-order valence-corrected chi connectivity index (χ0v) is 16.5. The number of benzene rings is 1. The molecule has 0 saturated carbocycles. The fraction of sp³-hybridized carbons (Fsp3) is 0.476. The summed E-state index contributed by atoms with van der Waals surface area (Å²) < 4.78 is 21.7. The standard InChI is InChI=1S/C21H25FN4O2/c1-21(2,3)28-20(27)25-10-7-17(8-11-25)26-14-16(13-24-26)18-5-4-15(6-9-23)12-19(18)22/h4-5,12-14,17H,6-8,10-11H2,1-3H3. The molecular formula is C21H25FN4O2. The van der Waals surface area contributed by atoms with Crippen molar-refractivity contribution in [3.05, 3.63) is 42.0 Å². The lowest BCUT2D eigenvalue weighted by atomic mass is 10.0. The normalized spacial score (nSPS) is 15.3. The van der Waals surface area contributed by atoms with Crippen molar-refractivity contribution in [3.63, 3.8) is 0 Å². The number of carbonyl (C=O) groups is 1. The van der Waals surface area contributed by atoms with Crippen molar-refractivity contribution in [1.29, 1.82) is 5.26 Å². The van der Waals surface area contributed by atoms with E-state index in [1.165, 1.54) is 6.07 Å². The van der Waals surface area contributed by atoms with E-state index in [0.29, 0.717) is 29.8 Å². The van der Waals surface area contributed by atoms with Gasteiger partial charge in [0.1, 0.15) is 11.4 Å². The Morgan fingerprint density at radius 3 is 2.68 bits per heavy atom. The molecule has 0 radical (unpaired) electrons. The van der Waals surface area contributed by atoms with E-state index in [1.54, 1.807) is 23.2 Å². The molecule has 28 heavy (non-hydrogen) atoms. The Morgan fingerprint density at radius 1 is 1.36 bits per heavy atom. The molecule has 1 amide bonds. The molecule has 0 unspecified atom stereocenters. The third-order valence-corrected chi connectivity index (χ3v) is 4.72. The van der Waals surface area contributed by atoms with Gasteiger partial charge in [0.15, 0.2) is 0 Å². The first-order valence-electron chi connectivity index (χ1n) is 9.44. The number of nitriles is 1. The molecule has 1 saturated heterocycles. The van der Waals surface area contributed by atoms with Gasteiger partial charge in [-0.3, -0.25) is 4.68 Å². The van der Waals surface area contributed by atoms with Gasteiger partial charge in [-0.15, -0.1) is 0 Å². The Balaban J connectivity index is 1.64. The quantitative estimate of drug-likeness (QED) is 0.790. The monoisotopic (exact) mass is 384 g/mol. The Labute approximate surface area is 164 Å². The second-order valence-electron chi connectivity index (χ2n) is 8.06. The van der Waals surface area contributed by atoms with Crippen molar-refractivity contribution in [2.75, 3.05) is 13.1 Å². The van der Waals surface area contributed by atoms with Crippen LogP contribution in [0.5, 0.6) is 0 Å². The van der Waals surface area contributed by atoms with E-state index in [0.717, 1.165) is 12.8 Å². The first-order chi connectivity index (χ1) is 13.3. The van der Waals surface area contributed by atoms with E-state index in [-0.39, 0.29) is 24.4 Å². The average molecular weight is 384 g/mol. The summed E-state index contributed by atoms with van der Waals surface area (Å²) >= 11 is 0. The van der Waals surface area contributed by atoms with Gasteiger partial charge in [-0.05, 0) is 45.2 Å². The van der Waals surface area contributed by atoms with Gasteiger partial charge >= 0.3 is 6.09 Å². The Bertz CT molecular complexity index is 887. The van der Waals surface area contributed by atoms with Crippen molar-refractivity contribution in [2.45, 2.75) is 51.7 Å². The van der Waals surface area contributed by atoms with Crippen molar-refractivity contribution >= 4 is 6.09 Å². The maximum atomic E-state index is 14.4. The number of carbonyl (C=O) groups excluding carboxylic acids is 1. The first kappa shape index (κ1) is 19.9. The largest absolute Gasteiger partial charge is 0.444 e. The molecular weight excluding hydrogens is 359 g/mol. The van der Waals surface area contributed by atoms with Gasteiger partial charge in [0.2, 0.25) is 0 Å². The summed E-state index contributed by atoms with van der Waals surface area (Å²) in [6.45, 7) is 6.77. The second kappa shape index (κ2) is 8.01. The zero-order chi connectivity index (χ0) is 20.3. The highest BCUT2D eigenvalue weighted by Gasteiger charge is 2.28. The lowest BCUT2D eigenvalue weighted by Gasteiger charge is -2.33. The number of hydrogen-bond acceptors (Lipinski definition) is 4. The van der Waals surface area contributed by atoms with Crippen LogP contribution in [0, 0.1) is 17.1 Å². The number of likely N-dealkylation sites (tertiary alicyclic amines) is 1. The summed E-state index contributed by atoms with van der Waals surface area (Å²) in [5.41, 5.74) is 1.33. The van der Waals surface area contributed by atoms with Gasteiger partial charge in [0.05, 0.1) is 24.7 Å². The summed E-state index contributed by atoms with van der Waals surface area (Å²) in [6, 6.07) is 7.03. The number of piperidine rings is 1. The van der Waals surface area contributed by atoms with E-state index in [2.05, 4.69) is 5.10 Å². The zero-order valence-electron chi connectivity index (χ0n) is 16.5. The first-order valence-corrected chi connectivity index (χ1v) is 9.44. The number of ether oxygens (including phenoxy) is 1. The highest BCUT2D eigenvalue weighted by Crippen LogP contribution is 2.28. The maximum absolute atomic E-state index is 14.4. The SMILES string of the molecule is CC(C)(C)OC(=O)N1CCC(n2cc(-c3ccc(CC#N)cc3F)cn2)CC1. The summed E-state index contributed by atoms with van der Waals surface area (Å²) in [5.74, 6) is -0.355. The van der Waals surface area contributed by atoms with Crippen molar-refractivity contribution < 1.29 is 13.9 Å². The number of halogens is 1. The van der Waals surface area contributed by atoms with E-state index >= 15 is 0 Å². The molecule has 3 rings (SSSR count). The van der Waals surface area contributed by atoms with Gasteiger partial charge in [-0.2, -0.15) is 10.4 Å². The molecule has 2 aromatic rings. The minimum atomic E-state index is -0.502. The molecule has 1 aliphatic heterocycles. The van der Waals surface area contributed by atoms with E-state index in [4.69, 9.17) is 10.00 Å². The van der Waals surface area contributed by atoms with Crippen LogP contribution in [0.2, 0.25) is 0 Å². The molecule has 0 N–H and O–H groups in total. The number of aromatic nitrogens is 2. The number of hydrogen-bond donors (Lipinski definition) is 0. The summed E-state index contributed by atoms with van der Waals surface area (Å²) in [4.78, 5) is 13.9. The molecule has 1 fully saturated rings. The van der Waals surface area contributed by atoms with Gasteiger partial charge in [-0.25, -0.2) is 9.18 Å². The van der Waals surface area contributed by atoms with Crippen molar-refractivity contribution in [2.24, 2.45) is 0 Å². The lowest BCUT2D eigenvalue weighted by Crippen LogP contribution is -2.42. The molecule has 0 bridgehead atoms. The van der Waals surface area contributed by atoms with Gasteiger partial charge in [0, 0.05) is 30.4 Å². The van der Waals surface area contributed by atoms with Crippen molar-refractivity contribution in [3.8, 4) is 17.2 Å². The minimum absolute atomic E-state index is 0.161. The molecule has 0 aliphatic carbocycles. The Kier molecular flexibility index (Phi) is 5.68. The maximum Gasteiger partial charge on any atom is 0.410 e. The predicted molar refractivity (Wildman–Crippen MR) is 103 cm³/mol. The van der Waals surface area contributed by atoms with Gasteiger partial charge in [-0.1, -0.05) is 12.1 Å². The fourth-order valence-corrected chi connectivity index (χ4v) is 3.31. The van der Waals surface area contributed by atoms with Crippen LogP contribution in [-0.2, 0) is 11.2 Å². The van der Waals surface area contributed by atoms with E-state index < -0.39 is 5.60 Å². The molecule has 1 aromatic heterocycles. The highest BCUT2D eigenvalue weighted by atomic mass is 19.1. The van der Waals surface area contributed by atoms with Crippen LogP contribution in [-0.4, -0.2) is 39.5 Å². The van der Waals surface area contributed by atoms with Crippen LogP contribution in [0.4, 0.5) is 9.18 Å².